The number of nitrogens with zero attached hydrogens (tertiary/aromatic N) is 2. The Balaban J connectivity index is 2.04. The number of fused-ring (bicyclic) bond motifs is 1. The molecule has 1 aromatic rings. The van der Waals surface area contributed by atoms with Crippen LogP contribution in [0.5, 0.6) is 0 Å². The second kappa shape index (κ2) is 4.21. The van der Waals surface area contributed by atoms with Gasteiger partial charge in [0.2, 0.25) is 5.91 Å². The van der Waals surface area contributed by atoms with Gasteiger partial charge in [-0.1, -0.05) is 6.92 Å². The van der Waals surface area contributed by atoms with Gasteiger partial charge in [-0.3, -0.25) is 9.78 Å². The smallest absolute Gasteiger partial charge is 0.301 e. The van der Waals surface area contributed by atoms with Crippen molar-refractivity contribution < 1.29 is 18.0 Å². The molecule has 1 aromatic heterocycles. The van der Waals surface area contributed by atoms with Crippen molar-refractivity contribution in [2.75, 3.05) is 11.4 Å². The van der Waals surface area contributed by atoms with E-state index in [-0.39, 0.29) is 0 Å². The zero-order valence-corrected chi connectivity index (χ0v) is 12.2. The van der Waals surface area contributed by atoms with Crippen molar-refractivity contribution in [1.29, 1.82) is 0 Å². The van der Waals surface area contributed by atoms with Crippen molar-refractivity contribution in [3.05, 3.63) is 23.5 Å². The Kier molecular flexibility index (Phi) is 2.88. The minimum Gasteiger partial charge on any atom is -0.301 e. The molecule has 1 saturated carbocycles. The summed E-state index contributed by atoms with van der Waals surface area (Å²) in [5.74, 6) is 0.351. The monoisotopic (exact) mass is 298 g/mol. The first-order chi connectivity index (χ1) is 9.61. The minimum absolute atomic E-state index is 0.318. The maximum atomic E-state index is 12.7. The first kappa shape index (κ1) is 14.4. The van der Waals surface area contributed by atoms with Crippen LogP contribution < -0.4 is 4.90 Å². The maximum Gasteiger partial charge on any atom is 0.406 e. The van der Waals surface area contributed by atoms with Gasteiger partial charge in [-0.2, -0.15) is 13.2 Å². The van der Waals surface area contributed by atoms with Gasteiger partial charge in [0.05, 0.1) is 16.8 Å². The third kappa shape index (κ3) is 2.30. The molecule has 1 fully saturated rings. The summed E-state index contributed by atoms with van der Waals surface area (Å²) in [5, 5.41) is 0. The predicted octanol–water partition coefficient (Wildman–Crippen LogP) is 3.39. The van der Waals surface area contributed by atoms with Crippen molar-refractivity contribution in [1.82, 2.24) is 4.98 Å². The Morgan fingerprint density at radius 1 is 1.43 bits per heavy atom. The summed E-state index contributed by atoms with van der Waals surface area (Å²) in [6.45, 7) is 4.09. The highest BCUT2D eigenvalue weighted by Crippen LogP contribution is 2.49. The second-order valence-corrected chi connectivity index (χ2v) is 6.59. The number of alkyl halides is 3. The maximum absolute atomic E-state index is 12.7. The number of pyridine rings is 1. The zero-order valence-electron chi connectivity index (χ0n) is 12.2. The molecule has 6 heteroatoms. The molecule has 21 heavy (non-hydrogen) atoms. The second-order valence-electron chi connectivity index (χ2n) is 6.59. The minimum atomic E-state index is -4.42. The molecule has 3 nitrogen and oxygen atoms in total. The Morgan fingerprint density at radius 2 is 2.05 bits per heavy atom. The normalized spacial score (nSPS) is 27.0. The van der Waals surface area contributed by atoms with Crippen molar-refractivity contribution in [2.45, 2.75) is 44.7 Å². The highest BCUT2D eigenvalue weighted by atomic mass is 19.4. The summed E-state index contributed by atoms with van der Waals surface area (Å²) in [4.78, 5) is 17.4. The van der Waals surface area contributed by atoms with Gasteiger partial charge in [0, 0.05) is 6.20 Å². The van der Waals surface area contributed by atoms with E-state index in [1.54, 1.807) is 26.1 Å². The van der Waals surface area contributed by atoms with Crippen LogP contribution in [0.2, 0.25) is 0 Å². The molecule has 0 radical (unpaired) electrons. The Labute approximate surface area is 121 Å². The fourth-order valence-electron chi connectivity index (χ4n) is 3.03. The lowest BCUT2D eigenvalue weighted by Gasteiger charge is -2.21. The molecule has 1 aliphatic heterocycles. The van der Waals surface area contributed by atoms with Gasteiger partial charge in [0.1, 0.15) is 6.54 Å². The summed E-state index contributed by atoms with van der Waals surface area (Å²) in [5.41, 5.74) is 0.681. The third-order valence-electron chi connectivity index (χ3n) is 4.43. The molecule has 2 heterocycles. The fourth-order valence-corrected chi connectivity index (χ4v) is 3.03. The van der Waals surface area contributed by atoms with Crippen LogP contribution >= 0.6 is 0 Å². The Bertz CT molecular complexity index is 609. The zero-order chi connectivity index (χ0) is 15.6. The van der Waals surface area contributed by atoms with Gasteiger partial charge < -0.3 is 4.90 Å². The third-order valence-corrected chi connectivity index (χ3v) is 4.43. The van der Waals surface area contributed by atoms with Gasteiger partial charge in [0.15, 0.2) is 0 Å². The van der Waals surface area contributed by atoms with Crippen LogP contribution in [0.3, 0.4) is 0 Å². The van der Waals surface area contributed by atoms with E-state index >= 15 is 0 Å². The van der Waals surface area contributed by atoms with E-state index < -0.39 is 24.0 Å². The van der Waals surface area contributed by atoms with E-state index in [1.807, 2.05) is 0 Å². The van der Waals surface area contributed by atoms with E-state index in [0.29, 0.717) is 23.2 Å². The number of hydrogen-bond acceptors (Lipinski definition) is 2. The molecule has 0 bridgehead atoms. The average molecular weight is 298 g/mol. The van der Waals surface area contributed by atoms with Crippen LogP contribution in [0.1, 0.15) is 44.4 Å². The predicted molar refractivity (Wildman–Crippen MR) is 72.2 cm³/mol. The Hall–Kier alpha value is -1.59. The van der Waals surface area contributed by atoms with Crippen LogP contribution in [-0.4, -0.2) is 23.6 Å². The first-order valence-corrected chi connectivity index (χ1v) is 7.00. The molecule has 2 aliphatic rings. The van der Waals surface area contributed by atoms with Gasteiger partial charge in [-0.25, -0.2) is 0 Å². The highest BCUT2D eigenvalue weighted by molar-refractivity contribution is 6.07. The van der Waals surface area contributed by atoms with Gasteiger partial charge >= 0.3 is 6.18 Å². The molecule has 0 saturated heterocycles. The molecule has 0 spiro atoms. The molecular weight excluding hydrogens is 281 g/mol. The van der Waals surface area contributed by atoms with Crippen LogP contribution in [-0.2, 0) is 10.2 Å². The average Bonchev–Trinajstić information content (AvgIpc) is 3.06. The number of rotatable bonds is 2. The molecule has 2 atom stereocenters. The number of amides is 1. The van der Waals surface area contributed by atoms with E-state index in [4.69, 9.17) is 0 Å². The number of anilines is 1. The van der Waals surface area contributed by atoms with Crippen LogP contribution in [0, 0.1) is 5.92 Å². The van der Waals surface area contributed by atoms with E-state index in [1.165, 1.54) is 0 Å². The van der Waals surface area contributed by atoms with Gasteiger partial charge in [0.25, 0.3) is 0 Å². The Morgan fingerprint density at radius 3 is 2.57 bits per heavy atom. The summed E-state index contributed by atoms with van der Waals surface area (Å²) in [7, 11) is 0. The van der Waals surface area contributed by atoms with Crippen molar-refractivity contribution in [3.8, 4) is 0 Å². The lowest BCUT2D eigenvalue weighted by molar-refractivity contribution is -0.134. The van der Waals surface area contributed by atoms with Crippen LogP contribution in [0.4, 0.5) is 18.9 Å². The molecule has 1 amide bonds. The van der Waals surface area contributed by atoms with Gasteiger partial charge in [-0.05, 0) is 43.7 Å². The van der Waals surface area contributed by atoms with E-state index in [0.717, 1.165) is 16.9 Å². The highest BCUT2D eigenvalue weighted by Gasteiger charge is 2.49. The lowest BCUT2D eigenvalue weighted by atomic mass is 9.90. The summed E-state index contributed by atoms with van der Waals surface area (Å²) >= 11 is 0. The molecular formula is C15H17F3N2O. The van der Waals surface area contributed by atoms with E-state index in [2.05, 4.69) is 11.9 Å². The SMILES string of the molecule is C[C@H]1C[C@@H]1c1cnc2c(c1)N(CC(F)(F)F)C(=O)C2(C)C. The number of aromatic nitrogens is 1. The standard InChI is InChI=1S/C15H17F3N2O/c1-8-4-10(8)9-5-11-12(19-6-9)14(2,3)13(21)20(11)7-15(16,17)18/h5-6,8,10H,4,7H2,1-3H3/t8-,10-/m0/s1. The van der Waals surface area contributed by atoms with E-state index in [9.17, 15) is 18.0 Å². The molecule has 0 N–H and O–H groups in total. The van der Waals surface area contributed by atoms with Crippen LogP contribution in [0.15, 0.2) is 12.3 Å². The summed E-state index contributed by atoms with van der Waals surface area (Å²) < 4.78 is 38.2. The number of halogens is 3. The van der Waals surface area contributed by atoms with Crippen molar-refractivity contribution in [2.24, 2.45) is 5.92 Å². The molecule has 114 valence electrons. The molecule has 0 aromatic carbocycles. The van der Waals surface area contributed by atoms with Crippen molar-refractivity contribution >= 4 is 11.6 Å². The fraction of sp³-hybridized carbons (Fsp3) is 0.600. The quantitative estimate of drug-likeness (QED) is 0.838. The number of hydrogen-bond donors (Lipinski definition) is 0. The van der Waals surface area contributed by atoms with Crippen LogP contribution in [0.25, 0.3) is 0 Å². The lowest BCUT2D eigenvalue weighted by Crippen LogP contribution is -2.41. The molecule has 1 aliphatic carbocycles. The number of carbonyl (C=O) groups is 1. The largest absolute Gasteiger partial charge is 0.406 e. The number of carbonyl (C=O) groups excluding carboxylic acids is 1. The van der Waals surface area contributed by atoms with Crippen molar-refractivity contribution in [3.63, 3.8) is 0 Å². The summed E-state index contributed by atoms with van der Waals surface area (Å²) in [6.07, 6.45) is -1.69. The first-order valence-electron chi connectivity index (χ1n) is 7.00. The molecule has 3 rings (SSSR count). The summed E-state index contributed by atoms with van der Waals surface area (Å²) in [6, 6.07) is 1.72. The molecule has 0 unspecified atom stereocenters. The van der Waals surface area contributed by atoms with Gasteiger partial charge in [-0.15, -0.1) is 0 Å². The topological polar surface area (TPSA) is 33.2 Å².